The molecule has 0 aliphatic carbocycles. The van der Waals surface area contributed by atoms with Crippen molar-refractivity contribution < 1.29 is 23.6 Å². The first-order chi connectivity index (χ1) is 21.5. The van der Waals surface area contributed by atoms with Crippen LogP contribution in [0.1, 0.15) is 107 Å². The van der Waals surface area contributed by atoms with E-state index in [1.54, 1.807) is 16.2 Å². The number of fused-ring (bicyclic) bond motifs is 2. The molecule has 242 valence electrons. The number of ether oxygens (including phenoxy) is 2. The first-order valence-electron chi connectivity index (χ1n) is 16.9. The van der Waals surface area contributed by atoms with Crippen molar-refractivity contribution in [3.63, 3.8) is 0 Å². The van der Waals surface area contributed by atoms with Crippen molar-refractivity contribution in [1.82, 2.24) is 4.90 Å². The summed E-state index contributed by atoms with van der Waals surface area (Å²) in [7, 11) is 2.14. The molecule has 2 aliphatic heterocycles. The second-order valence-corrected chi connectivity index (χ2v) is 13.5. The maximum absolute atomic E-state index is 13.5. The Morgan fingerprint density at radius 2 is 1.50 bits per heavy atom. The lowest BCUT2D eigenvalue weighted by molar-refractivity contribution is -0.538. The number of rotatable bonds is 16. The zero-order chi connectivity index (χ0) is 31.1. The molecular formula is C35H53N4O4S+. The third-order valence-corrected chi connectivity index (χ3v) is 9.62. The predicted molar refractivity (Wildman–Crippen MR) is 181 cm³/mol. The minimum Gasteiger partial charge on any atom is -0.428 e. The van der Waals surface area contributed by atoms with Gasteiger partial charge in [0.25, 0.3) is 5.84 Å². The van der Waals surface area contributed by atoms with Crippen LogP contribution in [0.4, 0.5) is 21.2 Å². The Labute approximate surface area is 268 Å². The minimum atomic E-state index is -0.560. The molecule has 2 aliphatic rings. The molecule has 0 bridgehead atoms. The average Bonchev–Trinajstić information content (AvgIpc) is 3.33. The molecule has 2 aromatic rings. The minimum absolute atomic E-state index is 0.322. The van der Waals surface area contributed by atoms with Crippen molar-refractivity contribution in [3.05, 3.63) is 40.8 Å². The maximum atomic E-state index is 13.5. The first kappa shape index (κ1) is 34.0. The number of hydrogen-bond acceptors (Lipinski definition) is 6. The van der Waals surface area contributed by atoms with Crippen LogP contribution in [0.5, 0.6) is 0 Å². The molecule has 4 rings (SSSR count). The molecule has 9 heteroatoms. The van der Waals surface area contributed by atoms with E-state index in [1.165, 1.54) is 64.2 Å². The van der Waals surface area contributed by atoms with E-state index in [1.807, 2.05) is 24.3 Å². The summed E-state index contributed by atoms with van der Waals surface area (Å²) in [6.07, 6.45) is 16.2. The zero-order valence-corrected chi connectivity index (χ0v) is 28.0. The summed E-state index contributed by atoms with van der Waals surface area (Å²) in [6, 6.07) is 9.89. The lowest BCUT2D eigenvalue weighted by Crippen LogP contribution is -2.43. The zero-order valence-electron chi connectivity index (χ0n) is 27.2. The molecule has 3 heterocycles. The highest BCUT2D eigenvalue weighted by Crippen LogP contribution is 2.43. The van der Waals surface area contributed by atoms with Gasteiger partial charge in [-0.3, -0.25) is 14.3 Å². The van der Waals surface area contributed by atoms with E-state index >= 15 is 0 Å². The van der Waals surface area contributed by atoms with Gasteiger partial charge in [0.2, 0.25) is 6.79 Å². The summed E-state index contributed by atoms with van der Waals surface area (Å²) in [4.78, 5) is 30.9. The Hall–Kier alpha value is -2.91. The molecule has 44 heavy (non-hydrogen) atoms. The standard InChI is InChI=1S/C35H52N4O4S/c1-4-5-6-7-8-9-10-11-12-13-14-15-16-21-32(40)42-27-43-35(41)39-31-20-18-17-19-30(31)36-33(29-26-28(2)44-34(29)39)38-24-22-37(3)23-25-38/h17-20,26H,4-16,21-25,27H2,1-3H3/p+1. The van der Waals surface area contributed by atoms with Crippen LogP contribution < -0.4 is 10.2 Å². The number of likely N-dealkylation sites (N-methyl/N-ethyl adjacent to an activating group) is 1. The third-order valence-electron chi connectivity index (χ3n) is 8.58. The highest BCUT2D eigenvalue weighted by Gasteiger charge is 2.36. The fourth-order valence-electron chi connectivity index (χ4n) is 5.95. The smallest absolute Gasteiger partial charge is 0.422 e. The van der Waals surface area contributed by atoms with Gasteiger partial charge in [0.05, 0.1) is 24.3 Å². The van der Waals surface area contributed by atoms with E-state index in [0.717, 1.165) is 72.4 Å². The molecule has 0 spiro atoms. The van der Waals surface area contributed by atoms with Gasteiger partial charge in [0, 0.05) is 24.4 Å². The largest absolute Gasteiger partial charge is 0.428 e. The van der Waals surface area contributed by atoms with Crippen molar-refractivity contribution in [1.29, 1.82) is 0 Å². The Balaban J connectivity index is 1.22. The van der Waals surface area contributed by atoms with Gasteiger partial charge < -0.3 is 9.47 Å². The van der Waals surface area contributed by atoms with Crippen molar-refractivity contribution in [2.24, 2.45) is 0 Å². The Morgan fingerprint density at radius 3 is 2.16 bits per heavy atom. The summed E-state index contributed by atoms with van der Waals surface area (Å²) in [5.74, 6) is 0.682. The van der Waals surface area contributed by atoms with E-state index in [0.29, 0.717) is 12.1 Å². The number of para-hydroxylation sites is 2. The fraction of sp³-hybridized carbons (Fsp3) is 0.629. The number of hydrogen-bond donors (Lipinski definition) is 1. The van der Waals surface area contributed by atoms with Crippen LogP contribution in [0.3, 0.4) is 0 Å². The molecule has 1 aromatic heterocycles. The number of carbonyl (C=O) groups excluding carboxylic acids is 2. The molecule has 1 N–H and O–H groups in total. The van der Waals surface area contributed by atoms with Gasteiger partial charge in [-0.05, 0) is 38.6 Å². The van der Waals surface area contributed by atoms with Crippen LogP contribution in [0.2, 0.25) is 0 Å². The summed E-state index contributed by atoms with van der Waals surface area (Å²) in [6.45, 7) is 7.66. The van der Waals surface area contributed by atoms with Gasteiger partial charge in [-0.25, -0.2) is 15.0 Å². The Kier molecular flexibility index (Phi) is 14.0. The number of nitrogens with one attached hydrogen (secondary N) is 1. The first-order valence-corrected chi connectivity index (χ1v) is 17.7. The number of amides is 1. The quantitative estimate of drug-likeness (QED) is 0.0874. The maximum Gasteiger partial charge on any atom is 0.422 e. The van der Waals surface area contributed by atoms with Gasteiger partial charge in [0.1, 0.15) is 10.7 Å². The van der Waals surface area contributed by atoms with Gasteiger partial charge in [-0.15, -0.1) is 11.3 Å². The van der Waals surface area contributed by atoms with Gasteiger partial charge in [-0.2, -0.15) is 0 Å². The van der Waals surface area contributed by atoms with Gasteiger partial charge in [0.15, 0.2) is 0 Å². The number of esters is 1. The number of thiophene rings is 1. The van der Waals surface area contributed by atoms with Gasteiger partial charge >= 0.3 is 12.1 Å². The lowest BCUT2D eigenvalue weighted by Gasteiger charge is -2.24. The molecule has 0 unspecified atom stereocenters. The summed E-state index contributed by atoms with van der Waals surface area (Å²) >= 11 is 1.56. The topological polar surface area (TPSA) is 74.1 Å². The second kappa shape index (κ2) is 18.2. The normalized spacial score (nSPS) is 14.9. The highest BCUT2D eigenvalue weighted by molar-refractivity contribution is 7.16. The molecular weight excluding hydrogens is 572 g/mol. The van der Waals surface area contributed by atoms with Crippen LogP contribution in [0, 0.1) is 6.92 Å². The monoisotopic (exact) mass is 625 g/mol. The fourth-order valence-corrected chi connectivity index (χ4v) is 6.96. The van der Waals surface area contributed by atoms with E-state index in [2.05, 4.69) is 41.8 Å². The van der Waals surface area contributed by atoms with Crippen molar-refractivity contribution in [2.45, 2.75) is 104 Å². The van der Waals surface area contributed by atoms with Crippen LogP contribution in [-0.4, -0.2) is 67.4 Å². The van der Waals surface area contributed by atoms with Crippen molar-refractivity contribution in [3.8, 4) is 0 Å². The number of amidine groups is 1. The number of aryl methyl sites for hydroxylation is 1. The van der Waals surface area contributed by atoms with E-state index in [-0.39, 0.29) is 5.97 Å². The molecule has 1 aromatic carbocycles. The molecule has 0 atom stereocenters. The Bertz CT molecular complexity index is 1230. The second-order valence-electron chi connectivity index (χ2n) is 12.2. The summed E-state index contributed by atoms with van der Waals surface area (Å²) in [5, 5.41) is 4.43. The molecule has 1 fully saturated rings. The lowest BCUT2D eigenvalue weighted by atomic mass is 10.0. The number of nitrogens with zero attached hydrogens (tertiary/aromatic N) is 3. The highest BCUT2D eigenvalue weighted by atomic mass is 32.1. The van der Waals surface area contributed by atoms with Crippen molar-refractivity contribution in [2.75, 3.05) is 50.2 Å². The predicted octanol–water partition coefficient (Wildman–Crippen LogP) is 8.44. The number of carbonyl (C=O) groups is 2. The molecule has 0 saturated carbocycles. The van der Waals surface area contributed by atoms with Crippen LogP contribution in [0.25, 0.3) is 0 Å². The van der Waals surface area contributed by atoms with Crippen LogP contribution in [-0.2, 0) is 14.3 Å². The number of piperazine rings is 1. The summed E-state index contributed by atoms with van der Waals surface area (Å²) < 4.78 is 13.2. The third kappa shape index (κ3) is 10.1. The average molecular weight is 626 g/mol. The molecule has 8 nitrogen and oxygen atoms in total. The van der Waals surface area contributed by atoms with Crippen LogP contribution in [0.15, 0.2) is 30.3 Å². The van der Waals surface area contributed by atoms with E-state index in [4.69, 9.17) is 9.47 Å². The van der Waals surface area contributed by atoms with E-state index < -0.39 is 12.9 Å². The number of anilines is 3. The van der Waals surface area contributed by atoms with Gasteiger partial charge in [-0.1, -0.05) is 96.1 Å². The molecule has 1 saturated heterocycles. The van der Waals surface area contributed by atoms with Crippen molar-refractivity contribution >= 4 is 45.6 Å². The summed E-state index contributed by atoms with van der Waals surface area (Å²) in [5.41, 5.74) is 2.52. The molecule has 0 radical (unpaired) electrons. The SMILES string of the molecule is CCCCCCCCCCCCCCCC(=O)OCOC(=O)N1c2ccccc2NC(=[N+]2CCN(C)CC2)c2cc(C)sc21. The van der Waals surface area contributed by atoms with Crippen LogP contribution >= 0.6 is 11.3 Å². The Morgan fingerprint density at radius 1 is 0.886 bits per heavy atom. The molecule has 1 amide bonds. The van der Waals surface area contributed by atoms with E-state index in [9.17, 15) is 9.59 Å². The number of unbranched alkanes of at least 4 members (excludes halogenated alkanes) is 12. The number of benzene rings is 1.